The van der Waals surface area contributed by atoms with Crippen LogP contribution in [0.4, 0.5) is 0 Å². The molecule has 0 radical (unpaired) electrons. The maximum atomic E-state index is 10.4. The van der Waals surface area contributed by atoms with E-state index in [2.05, 4.69) is 41.5 Å². The van der Waals surface area contributed by atoms with Crippen LogP contribution >= 0.6 is 0 Å². The predicted octanol–water partition coefficient (Wildman–Crippen LogP) is 3.61. The van der Waals surface area contributed by atoms with Crippen LogP contribution in [0.2, 0.25) is 0 Å². The number of aryl methyl sites for hydroxylation is 1. The largest absolute Gasteiger partial charge is 0.384 e. The second-order valence-corrected chi connectivity index (χ2v) is 7.91. The second kappa shape index (κ2) is 4.55. The lowest BCUT2D eigenvalue weighted by molar-refractivity contribution is 0.0704. The summed E-state index contributed by atoms with van der Waals surface area (Å²) in [7, 11) is 0. The van der Waals surface area contributed by atoms with Gasteiger partial charge in [-0.05, 0) is 20.8 Å². The minimum atomic E-state index is -0.983. The van der Waals surface area contributed by atoms with E-state index >= 15 is 0 Å². The lowest BCUT2D eigenvalue weighted by Crippen LogP contribution is -2.30. The standard InChI is InChI=1S/C16H28N2O/c1-10-11(14(2,3)4)18-13(16(8,9)19)12(17-10)15(5,6)7/h19H,1-9H3. The Morgan fingerprint density at radius 3 is 1.42 bits per heavy atom. The predicted molar refractivity (Wildman–Crippen MR) is 79.4 cm³/mol. The molecule has 0 bridgehead atoms. The molecule has 3 heteroatoms. The Labute approximate surface area is 117 Å². The van der Waals surface area contributed by atoms with Gasteiger partial charge in [-0.3, -0.25) is 9.97 Å². The van der Waals surface area contributed by atoms with Gasteiger partial charge in [-0.15, -0.1) is 0 Å². The summed E-state index contributed by atoms with van der Waals surface area (Å²) >= 11 is 0. The summed E-state index contributed by atoms with van der Waals surface area (Å²) in [5.74, 6) is 0. The van der Waals surface area contributed by atoms with E-state index in [0.29, 0.717) is 5.69 Å². The van der Waals surface area contributed by atoms with Crippen LogP contribution in [0.5, 0.6) is 0 Å². The first-order valence-corrected chi connectivity index (χ1v) is 6.87. The van der Waals surface area contributed by atoms with Crippen molar-refractivity contribution >= 4 is 0 Å². The third kappa shape index (κ3) is 3.53. The molecule has 1 N–H and O–H groups in total. The minimum Gasteiger partial charge on any atom is -0.384 e. The van der Waals surface area contributed by atoms with Gasteiger partial charge in [-0.2, -0.15) is 0 Å². The van der Waals surface area contributed by atoms with E-state index in [1.165, 1.54) is 0 Å². The Morgan fingerprint density at radius 1 is 0.684 bits per heavy atom. The highest BCUT2D eigenvalue weighted by molar-refractivity contribution is 5.31. The number of rotatable bonds is 1. The first-order chi connectivity index (χ1) is 8.24. The molecule has 0 aliphatic heterocycles. The third-order valence-corrected chi connectivity index (χ3v) is 3.07. The Morgan fingerprint density at radius 2 is 1.11 bits per heavy atom. The Balaban J connectivity index is 3.66. The molecule has 0 aromatic carbocycles. The molecule has 0 aliphatic rings. The van der Waals surface area contributed by atoms with Crippen molar-refractivity contribution in [2.45, 2.75) is 78.7 Å². The Hall–Kier alpha value is -0.960. The monoisotopic (exact) mass is 264 g/mol. The SMILES string of the molecule is Cc1nc(C(C)(C)C)c(C(C)(C)O)nc1C(C)(C)C. The van der Waals surface area contributed by atoms with Crippen molar-refractivity contribution in [1.82, 2.24) is 9.97 Å². The van der Waals surface area contributed by atoms with Gasteiger partial charge in [0.05, 0.1) is 22.8 Å². The van der Waals surface area contributed by atoms with Gasteiger partial charge in [0.2, 0.25) is 0 Å². The molecule has 0 saturated carbocycles. The minimum absolute atomic E-state index is 0.0759. The topological polar surface area (TPSA) is 46.0 Å². The fourth-order valence-corrected chi connectivity index (χ4v) is 2.18. The van der Waals surface area contributed by atoms with E-state index in [9.17, 15) is 5.11 Å². The van der Waals surface area contributed by atoms with E-state index in [0.717, 1.165) is 17.1 Å². The van der Waals surface area contributed by atoms with Crippen molar-refractivity contribution in [3.8, 4) is 0 Å². The summed E-state index contributed by atoms with van der Waals surface area (Å²) in [5, 5.41) is 10.4. The zero-order valence-corrected chi connectivity index (χ0v) is 13.8. The van der Waals surface area contributed by atoms with Gasteiger partial charge in [0, 0.05) is 10.8 Å². The highest BCUT2D eigenvalue weighted by Gasteiger charge is 2.32. The highest BCUT2D eigenvalue weighted by Crippen LogP contribution is 2.33. The van der Waals surface area contributed by atoms with E-state index in [1.54, 1.807) is 13.8 Å². The molecule has 0 spiro atoms. The molecule has 0 atom stereocenters. The maximum Gasteiger partial charge on any atom is 0.103 e. The molecule has 108 valence electrons. The van der Waals surface area contributed by atoms with Crippen LogP contribution in [0.1, 0.15) is 78.2 Å². The van der Waals surface area contributed by atoms with Crippen molar-refractivity contribution in [1.29, 1.82) is 0 Å². The number of nitrogens with zero attached hydrogens (tertiary/aromatic N) is 2. The van der Waals surface area contributed by atoms with Crippen LogP contribution in [-0.2, 0) is 16.4 Å². The van der Waals surface area contributed by atoms with Crippen LogP contribution in [-0.4, -0.2) is 15.1 Å². The molecule has 19 heavy (non-hydrogen) atoms. The van der Waals surface area contributed by atoms with Gasteiger partial charge >= 0.3 is 0 Å². The van der Waals surface area contributed by atoms with Gasteiger partial charge in [-0.1, -0.05) is 41.5 Å². The molecule has 0 fully saturated rings. The average Bonchev–Trinajstić information content (AvgIpc) is 2.11. The summed E-state index contributed by atoms with van der Waals surface area (Å²) in [5.41, 5.74) is 2.28. The first-order valence-electron chi connectivity index (χ1n) is 6.87. The molecule has 1 rings (SSSR count). The van der Waals surface area contributed by atoms with Crippen LogP contribution in [0.15, 0.2) is 0 Å². The van der Waals surface area contributed by atoms with Crippen LogP contribution < -0.4 is 0 Å². The van der Waals surface area contributed by atoms with E-state index in [-0.39, 0.29) is 10.8 Å². The summed E-state index contributed by atoms with van der Waals surface area (Å²) in [6.07, 6.45) is 0. The summed E-state index contributed by atoms with van der Waals surface area (Å²) in [6.45, 7) is 18.2. The maximum absolute atomic E-state index is 10.4. The van der Waals surface area contributed by atoms with Crippen molar-refractivity contribution < 1.29 is 5.11 Å². The van der Waals surface area contributed by atoms with Crippen molar-refractivity contribution in [3.05, 3.63) is 22.8 Å². The summed E-state index contributed by atoms with van der Waals surface area (Å²) in [6, 6.07) is 0. The second-order valence-electron chi connectivity index (χ2n) is 7.91. The third-order valence-electron chi connectivity index (χ3n) is 3.07. The fraction of sp³-hybridized carbons (Fsp3) is 0.750. The molecule has 0 aliphatic carbocycles. The van der Waals surface area contributed by atoms with E-state index in [4.69, 9.17) is 9.97 Å². The van der Waals surface area contributed by atoms with Crippen molar-refractivity contribution in [2.75, 3.05) is 0 Å². The smallest absolute Gasteiger partial charge is 0.103 e. The quantitative estimate of drug-likeness (QED) is 0.843. The fourth-order valence-electron chi connectivity index (χ4n) is 2.18. The molecule has 1 aromatic rings. The molecule has 1 aromatic heterocycles. The molecule has 1 heterocycles. The number of aliphatic hydroxyl groups is 1. The lowest BCUT2D eigenvalue weighted by atomic mass is 9.84. The molecular weight excluding hydrogens is 236 g/mol. The van der Waals surface area contributed by atoms with Crippen molar-refractivity contribution in [3.63, 3.8) is 0 Å². The van der Waals surface area contributed by atoms with Crippen LogP contribution in [0.25, 0.3) is 0 Å². The van der Waals surface area contributed by atoms with Gasteiger partial charge in [0.15, 0.2) is 0 Å². The van der Waals surface area contributed by atoms with Gasteiger partial charge in [0.1, 0.15) is 5.60 Å². The van der Waals surface area contributed by atoms with Crippen LogP contribution in [0, 0.1) is 6.92 Å². The molecule has 0 unspecified atom stereocenters. The molecular formula is C16H28N2O. The number of hydrogen-bond acceptors (Lipinski definition) is 3. The van der Waals surface area contributed by atoms with Gasteiger partial charge < -0.3 is 5.11 Å². The number of hydrogen-bond donors (Lipinski definition) is 1. The van der Waals surface area contributed by atoms with Crippen molar-refractivity contribution in [2.24, 2.45) is 0 Å². The first kappa shape index (κ1) is 16.1. The molecule has 0 saturated heterocycles. The van der Waals surface area contributed by atoms with E-state index < -0.39 is 5.60 Å². The zero-order valence-electron chi connectivity index (χ0n) is 13.8. The molecule has 3 nitrogen and oxygen atoms in total. The molecule has 0 amide bonds. The normalized spacial score (nSPS) is 13.8. The average molecular weight is 264 g/mol. The van der Waals surface area contributed by atoms with Gasteiger partial charge in [0.25, 0.3) is 0 Å². The zero-order chi connectivity index (χ0) is 15.2. The highest BCUT2D eigenvalue weighted by atomic mass is 16.3. The summed E-state index contributed by atoms with van der Waals surface area (Å²) < 4.78 is 0. The Kier molecular flexibility index (Phi) is 3.85. The van der Waals surface area contributed by atoms with Gasteiger partial charge in [-0.25, -0.2) is 0 Å². The summed E-state index contributed by atoms with van der Waals surface area (Å²) in [4.78, 5) is 9.52. The number of aromatic nitrogens is 2. The Bertz CT molecular complexity index is 471. The lowest BCUT2D eigenvalue weighted by Gasteiger charge is -2.30. The van der Waals surface area contributed by atoms with Crippen LogP contribution in [0.3, 0.4) is 0 Å². The van der Waals surface area contributed by atoms with E-state index in [1.807, 2.05) is 6.92 Å².